The number of carbonyl (C=O) groups excluding carboxylic acids is 2. The van der Waals surface area contributed by atoms with Crippen LogP contribution in [0, 0.1) is 0 Å². The molecule has 0 aliphatic rings. The summed E-state index contributed by atoms with van der Waals surface area (Å²) in [5.74, 6) is -0.571. The number of rotatable bonds is 6. The molecule has 90 valence electrons. The monoisotopic (exact) mass is 262 g/mol. The zero-order valence-electron chi connectivity index (χ0n) is 9.40. The Bertz CT molecular complexity index is 371. The second-order valence-electron chi connectivity index (χ2n) is 3.76. The third-order valence-corrected chi connectivity index (χ3v) is 2.40. The summed E-state index contributed by atoms with van der Waals surface area (Å²) in [6.45, 7) is 1.51. The molecule has 0 spiro atoms. The third-order valence-electron chi connectivity index (χ3n) is 2.40. The predicted molar refractivity (Wildman–Crippen MR) is 69.8 cm³/mol. The zero-order chi connectivity index (χ0) is 12.0. The van der Waals surface area contributed by atoms with Crippen LogP contribution < -0.4 is 0 Å². The van der Waals surface area contributed by atoms with Gasteiger partial charge in [0.1, 0.15) is 12.4 Å². The molecule has 0 heterocycles. The quantitative estimate of drug-likeness (QED) is 0.596. The van der Waals surface area contributed by atoms with E-state index in [1.54, 1.807) is 0 Å². The van der Waals surface area contributed by atoms with Gasteiger partial charge in [-0.25, -0.2) is 0 Å². The fourth-order valence-corrected chi connectivity index (χ4v) is 1.46. The molecule has 1 aromatic carbocycles. The Hall–Kier alpha value is -0.220. The van der Waals surface area contributed by atoms with Gasteiger partial charge in [0, 0.05) is 6.42 Å². The Morgan fingerprint density at radius 2 is 1.59 bits per heavy atom. The summed E-state index contributed by atoms with van der Waals surface area (Å²) in [5.41, 5.74) is 2.13. The maximum absolute atomic E-state index is 11.4. The Morgan fingerprint density at radius 1 is 1.06 bits per heavy atom. The summed E-state index contributed by atoms with van der Waals surface area (Å²) in [5, 5.41) is 8.52. The van der Waals surface area contributed by atoms with Gasteiger partial charge in [-0.2, -0.15) is 0 Å². The second kappa shape index (κ2) is 8.81. The number of hydrogen-bond donors (Lipinski definition) is 1. The van der Waals surface area contributed by atoms with Gasteiger partial charge in [0.15, 0.2) is 5.78 Å². The Labute approximate surface area is 131 Å². The minimum absolute atomic E-state index is 0. The number of hydrogen-bond acceptors (Lipinski definition) is 3. The normalized spacial score (nSPS) is 9.53. The van der Waals surface area contributed by atoms with Crippen molar-refractivity contribution in [2.24, 2.45) is 0 Å². The number of benzene rings is 1. The van der Waals surface area contributed by atoms with E-state index in [1.807, 2.05) is 24.3 Å². The molecule has 0 amide bonds. The van der Waals surface area contributed by atoms with E-state index < -0.39 is 12.4 Å². The van der Waals surface area contributed by atoms with Crippen LogP contribution in [0.5, 0.6) is 0 Å². The van der Waals surface area contributed by atoms with Crippen LogP contribution in [0.3, 0.4) is 0 Å². The average molecular weight is 262 g/mol. The van der Waals surface area contributed by atoms with E-state index in [-0.39, 0.29) is 56.4 Å². The van der Waals surface area contributed by atoms with E-state index in [2.05, 4.69) is 6.92 Å². The fourth-order valence-electron chi connectivity index (χ4n) is 1.46. The summed E-state index contributed by atoms with van der Waals surface area (Å²) in [7, 11) is 0. The van der Waals surface area contributed by atoms with E-state index >= 15 is 0 Å². The van der Waals surface area contributed by atoms with E-state index in [1.165, 1.54) is 5.56 Å². The van der Waals surface area contributed by atoms with Crippen molar-refractivity contribution in [3.05, 3.63) is 35.4 Å². The molecule has 0 unspecified atom stereocenters. The van der Waals surface area contributed by atoms with Crippen molar-refractivity contribution in [1.29, 1.82) is 0 Å². The van der Waals surface area contributed by atoms with Gasteiger partial charge in [0.05, 0.1) is 6.42 Å². The number of aliphatic hydroxyl groups excluding tert-OH is 1. The van der Waals surface area contributed by atoms with Crippen LogP contribution in [-0.2, 0) is 22.4 Å². The molecule has 1 rings (SSSR count). The molecule has 0 radical (unpaired) electrons. The minimum atomic E-state index is -0.555. The van der Waals surface area contributed by atoms with Gasteiger partial charge in [-0.15, -0.1) is 0 Å². The summed E-state index contributed by atoms with van der Waals surface area (Å²) in [6.07, 6.45) is 1.05. The number of carbonyl (C=O) groups is 2. The summed E-state index contributed by atoms with van der Waals surface area (Å²) < 4.78 is 0. The van der Waals surface area contributed by atoms with Gasteiger partial charge in [-0.1, -0.05) is 31.2 Å². The van der Waals surface area contributed by atoms with Crippen LogP contribution in [0.4, 0.5) is 0 Å². The first-order chi connectivity index (χ1) is 7.65. The van der Waals surface area contributed by atoms with Gasteiger partial charge < -0.3 is 5.11 Å². The number of Topliss-reactive ketones (excluding diaryl/α,β-unsaturated/α-hetero) is 2. The van der Waals surface area contributed by atoms with Crippen LogP contribution in [0.1, 0.15) is 24.5 Å². The van der Waals surface area contributed by atoms with Gasteiger partial charge >= 0.3 is 37.7 Å². The molecular weight excluding hydrogens is 244 g/mol. The van der Waals surface area contributed by atoms with E-state index in [0.717, 1.165) is 12.0 Å². The first kappa shape index (κ1) is 16.8. The summed E-state index contributed by atoms with van der Waals surface area (Å²) >= 11 is 0. The van der Waals surface area contributed by atoms with Crippen molar-refractivity contribution in [3.63, 3.8) is 0 Å². The Balaban J connectivity index is 0.00000256. The number of ketones is 2. The molecule has 1 N–H and O–H groups in total. The molecule has 3 nitrogen and oxygen atoms in total. The molecule has 0 aliphatic carbocycles. The van der Waals surface area contributed by atoms with Gasteiger partial charge in [0.2, 0.25) is 0 Å². The third kappa shape index (κ3) is 6.32. The summed E-state index contributed by atoms with van der Waals surface area (Å²) in [6, 6.07) is 7.77. The molecule has 0 saturated carbocycles. The van der Waals surface area contributed by atoms with E-state index in [0.29, 0.717) is 0 Å². The van der Waals surface area contributed by atoms with Crippen LogP contribution >= 0.6 is 0 Å². The number of aliphatic hydroxyl groups is 1. The maximum atomic E-state index is 11.4. The van der Waals surface area contributed by atoms with Crippen molar-refractivity contribution >= 4 is 49.3 Å². The molecule has 17 heavy (non-hydrogen) atoms. The topological polar surface area (TPSA) is 54.4 Å². The van der Waals surface area contributed by atoms with Crippen LogP contribution in [0.15, 0.2) is 24.3 Å². The van der Waals surface area contributed by atoms with Crippen molar-refractivity contribution in [1.82, 2.24) is 0 Å². The molecule has 0 aromatic heterocycles. The SMILES string of the molecule is CCc1ccc(CC(=O)CC(=O)CO)cc1.[CaH2]. The Morgan fingerprint density at radius 3 is 2.06 bits per heavy atom. The first-order valence-corrected chi connectivity index (χ1v) is 5.37. The van der Waals surface area contributed by atoms with Crippen molar-refractivity contribution in [2.75, 3.05) is 6.61 Å². The van der Waals surface area contributed by atoms with Crippen LogP contribution in [0.2, 0.25) is 0 Å². The number of aryl methyl sites for hydroxylation is 1. The zero-order valence-corrected chi connectivity index (χ0v) is 9.40. The molecule has 0 bridgehead atoms. The fraction of sp³-hybridized carbons (Fsp3) is 0.385. The molecule has 0 atom stereocenters. The molecule has 1 aromatic rings. The van der Waals surface area contributed by atoms with Gasteiger partial charge in [-0.05, 0) is 17.5 Å². The van der Waals surface area contributed by atoms with Crippen molar-refractivity contribution in [2.45, 2.75) is 26.2 Å². The molecule has 0 aliphatic heterocycles. The van der Waals surface area contributed by atoms with Gasteiger partial charge in [-0.3, -0.25) is 9.59 Å². The van der Waals surface area contributed by atoms with Crippen molar-refractivity contribution < 1.29 is 14.7 Å². The Kier molecular flexibility index (Phi) is 8.70. The van der Waals surface area contributed by atoms with Crippen LogP contribution in [-0.4, -0.2) is 61.0 Å². The van der Waals surface area contributed by atoms with Crippen molar-refractivity contribution in [3.8, 4) is 0 Å². The van der Waals surface area contributed by atoms with Crippen LogP contribution in [0.25, 0.3) is 0 Å². The average Bonchev–Trinajstić information content (AvgIpc) is 2.29. The predicted octanol–water partition coefficient (Wildman–Crippen LogP) is 0.396. The molecule has 0 saturated heterocycles. The van der Waals surface area contributed by atoms with E-state index in [9.17, 15) is 9.59 Å². The second-order valence-corrected chi connectivity index (χ2v) is 3.76. The summed E-state index contributed by atoms with van der Waals surface area (Å²) in [4.78, 5) is 22.2. The standard InChI is InChI=1S/C13H16O3.Ca.2H/c1-2-10-3-5-11(6-4-10)7-12(15)8-13(16)9-14;;;/h3-6,14H,2,7-9H2,1H3;;;. The molecule has 4 heteroatoms. The first-order valence-electron chi connectivity index (χ1n) is 5.37. The molecular formula is C13H18CaO3. The molecule has 0 fully saturated rings. The van der Waals surface area contributed by atoms with Gasteiger partial charge in [0.25, 0.3) is 0 Å². The van der Waals surface area contributed by atoms with E-state index in [4.69, 9.17) is 5.11 Å².